The number of aliphatic imine (C=N–C) groups is 1. The maximum atomic E-state index is 12.2. The molecule has 4 heteroatoms. The number of hydrogen-bond donors (Lipinski definition) is 0. The van der Waals surface area contributed by atoms with Crippen LogP contribution in [0.1, 0.15) is 36.3 Å². The molecule has 25 heavy (non-hydrogen) atoms. The quantitative estimate of drug-likeness (QED) is 0.822. The zero-order chi connectivity index (χ0) is 17.6. The van der Waals surface area contributed by atoms with Crippen LogP contribution in [0.4, 0.5) is 0 Å². The lowest BCUT2D eigenvalue weighted by atomic mass is 9.82. The number of nitrogens with zero attached hydrogens (tertiary/aromatic N) is 1. The second-order valence-corrected chi connectivity index (χ2v) is 6.29. The summed E-state index contributed by atoms with van der Waals surface area (Å²) < 4.78 is 10.7. The van der Waals surface area contributed by atoms with E-state index in [0.29, 0.717) is 19.4 Å². The third kappa shape index (κ3) is 4.27. The van der Waals surface area contributed by atoms with Crippen LogP contribution in [0.3, 0.4) is 0 Å². The Morgan fingerprint density at radius 2 is 1.88 bits per heavy atom. The Hall–Kier alpha value is -2.62. The third-order valence-corrected chi connectivity index (χ3v) is 4.59. The Morgan fingerprint density at radius 3 is 2.68 bits per heavy atom. The normalized spacial score (nSPS) is 19.0. The van der Waals surface area contributed by atoms with Crippen LogP contribution in [0.5, 0.6) is 11.5 Å². The molecule has 0 aliphatic heterocycles. The highest BCUT2D eigenvalue weighted by atomic mass is 16.5. The largest absolute Gasteiger partial charge is 0.497 e. The zero-order valence-corrected chi connectivity index (χ0v) is 14.7. The lowest BCUT2D eigenvalue weighted by Gasteiger charge is -2.23. The predicted molar refractivity (Wildman–Crippen MR) is 98.7 cm³/mol. The third-order valence-electron chi connectivity index (χ3n) is 4.59. The summed E-state index contributed by atoms with van der Waals surface area (Å²) in [5.74, 6) is 2.08. The minimum atomic E-state index is 0.174. The fourth-order valence-electron chi connectivity index (χ4n) is 3.29. The van der Waals surface area contributed by atoms with E-state index in [9.17, 15) is 4.79 Å². The van der Waals surface area contributed by atoms with Crippen molar-refractivity contribution in [3.63, 3.8) is 0 Å². The minimum Gasteiger partial charge on any atom is -0.497 e. The van der Waals surface area contributed by atoms with E-state index < -0.39 is 0 Å². The molecule has 0 aromatic heterocycles. The molecule has 0 bridgehead atoms. The van der Waals surface area contributed by atoms with Crippen LogP contribution in [-0.4, -0.2) is 25.7 Å². The van der Waals surface area contributed by atoms with E-state index in [1.54, 1.807) is 14.2 Å². The molecule has 3 rings (SSSR count). The minimum absolute atomic E-state index is 0.174. The highest BCUT2D eigenvalue weighted by Gasteiger charge is 2.25. The van der Waals surface area contributed by atoms with Gasteiger partial charge in [0.1, 0.15) is 17.3 Å². The van der Waals surface area contributed by atoms with Gasteiger partial charge in [-0.15, -0.1) is 0 Å². The highest BCUT2D eigenvalue weighted by molar-refractivity contribution is 6.05. The summed E-state index contributed by atoms with van der Waals surface area (Å²) in [6.45, 7) is 0.539. The number of methoxy groups -OCH3 is 2. The van der Waals surface area contributed by atoms with Crippen LogP contribution >= 0.6 is 0 Å². The van der Waals surface area contributed by atoms with Gasteiger partial charge in [0, 0.05) is 24.1 Å². The van der Waals surface area contributed by atoms with Crippen LogP contribution in [0.25, 0.3) is 0 Å². The first-order chi connectivity index (χ1) is 12.2. The lowest BCUT2D eigenvalue weighted by molar-refractivity contribution is -0.118. The number of para-hydroxylation sites is 1. The number of Topliss-reactive ketones (excluding diaryl/α,β-unsaturated/α-hetero) is 1. The Labute approximate surface area is 148 Å². The van der Waals surface area contributed by atoms with Gasteiger partial charge in [-0.3, -0.25) is 9.79 Å². The second-order valence-electron chi connectivity index (χ2n) is 6.29. The molecule has 0 N–H and O–H groups in total. The van der Waals surface area contributed by atoms with Gasteiger partial charge in [0.15, 0.2) is 0 Å². The number of hydrogen-bond acceptors (Lipinski definition) is 4. The molecule has 1 atom stereocenters. The number of rotatable bonds is 5. The maximum absolute atomic E-state index is 12.2. The van der Waals surface area contributed by atoms with E-state index in [2.05, 4.69) is 6.07 Å². The summed E-state index contributed by atoms with van der Waals surface area (Å²) in [6, 6.07) is 15.8. The van der Waals surface area contributed by atoms with Gasteiger partial charge >= 0.3 is 0 Å². The smallest absolute Gasteiger partial charge is 0.139 e. The van der Waals surface area contributed by atoms with Gasteiger partial charge in [-0.05, 0) is 36.1 Å². The van der Waals surface area contributed by atoms with Crippen molar-refractivity contribution in [2.24, 2.45) is 4.99 Å². The van der Waals surface area contributed by atoms with Crippen molar-refractivity contribution in [3.8, 4) is 11.5 Å². The van der Waals surface area contributed by atoms with Crippen LogP contribution < -0.4 is 9.47 Å². The molecule has 2 aromatic rings. The Balaban J connectivity index is 1.77. The van der Waals surface area contributed by atoms with Gasteiger partial charge in [-0.25, -0.2) is 0 Å². The molecule has 130 valence electrons. The average molecular weight is 337 g/mol. The highest BCUT2D eigenvalue weighted by Crippen LogP contribution is 2.32. The van der Waals surface area contributed by atoms with Crippen LogP contribution in [-0.2, 0) is 11.3 Å². The summed E-state index contributed by atoms with van der Waals surface area (Å²) in [6.07, 6.45) is 1.84. The molecular formula is C21H23NO3. The zero-order valence-electron chi connectivity index (χ0n) is 14.7. The molecule has 2 aromatic carbocycles. The Morgan fingerprint density at radius 1 is 1.04 bits per heavy atom. The summed E-state index contributed by atoms with van der Waals surface area (Å²) in [5, 5.41) is 0. The molecule has 0 unspecified atom stereocenters. The number of carbonyl (C=O) groups is 1. The van der Waals surface area contributed by atoms with E-state index in [4.69, 9.17) is 14.5 Å². The van der Waals surface area contributed by atoms with Gasteiger partial charge in [-0.2, -0.15) is 0 Å². The predicted octanol–water partition coefficient (Wildman–Crippen LogP) is 4.18. The van der Waals surface area contributed by atoms with Gasteiger partial charge in [0.25, 0.3) is 0 Å². The topological polar surface area (TPSA) is 47.9 Å². The van der Waals surface area contributed by atoms with Crippen molar-refractivity contribution in [2.45, 2.75) is 31.7 Å². The fraction of sp³-hybridized carbons (Fsp3) is 0.333. The van der Waals surface area contributed by atoms with Gasteiger partial charge in [0.05, 0.1) is 20.8 Å². The lowest BCUT2D eigenvalue weighted by Crippen LogP contribution is -2.22. The molecule has 1 saturated carbocycles. The Kier molecular flexibility index (Phi) is 5.49. The molecule has 1 fully saturated rings. The van der Waals surface area contributed by atoms with Crippen molar-refractivity contribution < 1.29 is 14.3 Å². The van der Waals surface area contributed by atoms with E-state index in [-0.39, 0.29) is 11.7 Å². The second kappa shape index (κ2) is 7.97. The maximum Gasteiger partial charge on any atom is 0.139 e. The van der Waals surface area contributed by atoms with E-state index in [0.717, 1.165) is 34.8 Å². The van der Waals surface area contributed by atoms with Gasteiger partial charge in [0.2, 0.25) is 0 Å². The molecule has 0 heterocycles. The van der Waals surface area contributed by atoms with Crippen molar-refractivity contribution >= 4 is 11.5 Å². The first kappa shape index (κ1) is 17.2. The fourth-order valence-corrected chi connectivity index (χ4v) is 3.29. The average Bonchev–Trinajstić information content (AvgIpc) is 2.66. The molecular weight excluding hydrogens is 314 g/mol. The molecule has 1 aliphatic rings. The SMILES string of the molecule is COc1cccc([C@@H]2CC(=O)CC(=NCc3ccccc3OC)C2)c1. The number of benzene rings is 2. The standard InChI is InChI=1S/C21H23NO3/c1-24-20-8-5-7-15(12-20)17-10-18(13-19(23)11-17)22-14-16-6-3-4-9-21(16)25-2/h3-9,12,17H,10-11,13-14H2,1-2H3/t17-/m0/s1. The molecule has 0 radical (unpaired) electrons. The summed E-state index contributed by atoms with van der Waals surface area (Å²) in [4.78, 5) is 16.9. The first-order valence-electron chi connectivity index (χ1n) is 8.49. The van der Waals surface area contributed by atoms with E-state index in [1.165, 1.54) is 0 Å². The van der Waals surface area contributed by atoms with Crippen molar-refractivity contribution in [1.29, 1.82) is 0 Å². The van der Waals surface area contributed by atoms with E-state index in [1.807, 2.05) is 42.5 Å². The first-order valence-corrected chi connectivity index (χ1v) is 8.49. The molecule has 0 spiro atoms. The molecule has 0 amide bonds. The number of carbonyl (C=O) groups excluding carboxylic acids is 1. The summed E-state index contributed by atoms with van der Waals surface area (Å²) >= 11 is 0. The van der Waals surface area contributed by atoms with Crippen molar-refractivity contribution in [3.05, 3.63) is 59.7 Å². The van der Waals surface area contributed by atoms with Crippen LogP contribution in [0.15, 0.2) is 53.5 Å². The van der Waals surface area contributed by atoms with Crippen molar-refractivity contribution in [1.82, 2.24) is 0 Å². The van der Waals surface area contributed by atoms with Crippen LogP contribution in [0, 0.1) is 0 Å². The number of ether oxygens (including phenoxy) is 2. The van der Waals surface area contributed by atoms with Crippen LogP contribution in [0.2, 0.25) is 0 Å². The molecule has 0 saturated heterocycles. The summed E-state index contributed by atoms with van der Waals surface area (Å²) in [7, 11) is 3.32. The molecule has 4 nitrogen and oxygen atoms in total. The number of ketones is 1. The van der Waals surface area contributed by atoms with Gasteiger partial charge in [-0.1, -0.05) is 30.3 Å². The summed E-state index contributed by atoms with van der Waals surface area (Å²) in [5.41, 5.74) is 3.14. The molecule has 1 aliphatic carbocycles. The van der Waals surface area contributed by atoms with E-state index >= 15 is 0 Å². The van der Waals surface area contributed by atoms with Crippen molar-refractivity contribution in [2.75, 3.05) is 14.2 Å². The monoisotopic (exact) mass is 337 g/mol. The Bertz CT molecular complexity index is 782. The van der Waals surface area contributed by atoms with Gasteiger partial charge < -0.3 is 9.47 Å².